The fourth-order valence-corrected chi connectivity index (χ4v) is 3.11. The van der Waals surface area contributed by atoms with Gasteiger partial charge in [0.15, 0.2) is 0 Å². The molecule has 0 radical (unpaired) electrons. The third-order valence-electron chi connectivity index (χ3n) is 2.66. The second kappa shape index (κ2) is 7.26. The molecule has 1 aromatic heterocycles. The molecular formula is C13H20F3NOS. The first-order valence-corrected chi connectivity index (χ1v) is 7.10. The highest BCUT2D eigenvalue weighted by Crippen LogP contribution is 2.29. The molecule has 1 atom stereocenters. The van der Waals surface area contributed by atoms with Crippen LogP contribution in [-0.2, 0) is 4.74 Å². The molecule has 0 aromatic carbocycles. The van der Waals surface area contributed by atoms with Gasteiger partial charge in [0.25, 0.3) is 0 Å². The van der Waals surface area contributed by atoms with E-state index in [0.717, 1.165) is 6.54 Å². The van der Waals surface area contributed by atoms with Crippen molar-refractivity contribution in [3.63, 3.8) is 0 Å². The van der Waals surface area contributed by atoms with E-state index in [1.54, 1.807) is 11.3 Å². The standard InChI is InChI=1S/C13H20F3NOS/c1-4-17-11(5-6-18-8-13(14,15)16)12-9(2)7-10(3)19-12/h7,11,17H,4-6,8H2,1-3H3. The Morgan fingerprint density at radius 2 is 2.05 bits per heavy atom. The molecule has 1 heterocycles. The molecule has 0 saturated heterocycles. The number of thiophene rings is 1. The first-order valence-electron chi connectivity index (χ1n) is 6.28. The van der Waals surface area contributed by atoms with Gasteiger partial charge in [0.05, 0.1) is 0 Å². The summed E-state index contributed by atoms with van der Waals surface area (Å²) in [5.74, 6) is 0. The number of nitrogens with one attached hydrogen (secondary N) is 1. The minimum Gasteiger partial charge on any atom is -0.372 e. The lowest BCUT2D eigenvalue weighted by Crippen LogP contribution is -2.24. The van der Waals surface area contributed by atoms with Crippen LogP contribution >= 0.6 is 11.3 Å². The number of aryl methyl sites for hydroxylation is 2. The van der Waals surface area contributed by atoms with E-state index < -0.39 is 12.8 Å². The molecule has 0 aliphatic carbocycles. The molecule has 0 spiro atoms. The quantitative estimate of drug-likeness (QED) is 0.768. The molecule has 110 valence electrons. The van der Waals surface area contributed by atoms with Gasteiger partial charge in [-0.3, -0.25) is 0 Å². The molecule has 1 aromatic rings. The van der Waals surface area contributed by atoms with Crippen molar-refractivity contribution in [2.75, 3.05) is 19.8 Å². The maximum Gasteiger partial charge on any atom is 0.411 e. The molecule has 0 fully saturated rings. The zero-order chi connectivity index (χ0) is 14.5. The Kier molecular flexibility index (Phi) is 6.29. The predicted molar refractivity (Wildman–Crippen MR) is 71.7 cm³/mol. The highest BCUT2D eigenvalue weighted by Gasteiger charge is 2.27. The second-order valence-electron chi connectivity index (χ2n) is 4.47. The van der Waals surface area contributed by atoms with Crippen LogP contribution in [-0.4, -0.2) is 25.9 Å². The predicted octanol–water partition coefficient (Wildman–Crippen LogP) is 3.98. The van der Waals surface area contributed by atoms with Gasteiger partial charge in [-0.25, -0.2) is 0 Å². The number of hydrogen-bond acceptors (Lipinski definition) is 3. The van der Waals surface area contributed by atoms with E-state index in [2.05, 4.69) is 16.1 Å². The molecule has 0 saturated carbocycles. The van der Waals surface area contributed by atoms with Crippen LogP contribution in [0.1, 0.15) is 34.7 Å². The lowest BCUT2D eigenvalue weighted by molar-refractivity contribution is -0.174. The molecule has 0 aliphatic heterocycles. The van der Waals surface area contributed by atoms with Crippen molar-refractivity contribution in [3.05, 3.63) is 21.4 Å². The Labute approximate surface area is 116 Å². The van der Waals surface area contributed by atoms with Crippen LogP contribution in [0.25, 0.3) is 0 Å². The van der Waals surface area contributed by atoms with Crippen molar-refractivity contribution < 1.29 is 17.9 Å². The molecule has 1 N–H and O–H groups in total. The van der Waals surface area contributed by atoms with Crippen LogP contribution in [0.4, 0.5) is 13.2 Å². The van der Waals surface area contributed by atoms with E-state index in [9.17, 15) is 13.2 Å². The third-order valence-corrected chi connectivity index (χ3v) is 3.93. The molecule has 0 aliphatic rings. The molecular weight excluding hydrogens is 275 g/mol. The molecule has 1 unspecified atom stereocenters. The monoisotopic (exact) mass is 295 g/mol. The van der Waals surface area contributed by atoms with Crippen LogP contribution in [0.2, 0.25) is 0 Å². The van der Waals surface area contributed by atoms with Gasteiger partial charge in [-0.05, 0) is 38.4 Å². The summed E-state index contributed by atoms with van der Waals surface area (Å²) in [4.78, 5) is 2.40. The van der Waals surface area contributed by atoms with E-state index in [1.165, 1.54) is 15.3 Å². The zero-order valence-corrected chi connectivity index (χ0v) is 12.3. The summed E-state index contributed by atoms with van der Waals surface area (Å²) in [7, 11) is 0. The minimum absolute atomic E-state index is 0.0666. The van der Waals surface area contributed by atoms with E-state index in [-0.39, 0.29) is 12.6 Å². The number of rotatable bonds is 7. The number of ether oxygens (including phenoxy) is 1. The van der Waals surface area contributed by atoms with Crippen molar-refractivity contribution in [3.8, 4) is 0 Å². The van der Waals surface area contributed by atoms with Gasteiger partial charge in [-0.1, -0.05) is 6.92 Å². The molecule has 2 nitrogen and oxygen atoms in total. The number of alkyl halides is 3. The van der Waals surface area contributed by atoms with Gasteiger partial charge < -0.3 is 10.1 Å². The summed E-state index contributed by atoms with van der Waals surface area (Å²) in [5.41, 5.74) is 1.18. The SMILES string of the molecule is CCNC(CCOCC(F)(F)F)c1sc(C)cc1C. The summed E-state index contributed by atoms with van der Waals surface area (Å²) in [6.45, 7) is 5.76. The van der Waals surface area contributed by atoms with Crippen LogP contribution in [0.5, 0.6) is 0 Å². The van der Waals surface area contributed by atoms with Crippen LogP contribution in [0.15, 0.2) is 6.07 Å². The molecule has 0 bridgehead atoms. The van der Waals surface area contributed by atoms with E-state index in [1.807, 2.05) is 20.8 Å². The fourth-order valence-electron chi connectivity index (χ4n) is 1.97. The Hall–Kier alpha value is -0.590. The van der Waals surface area contributed by atoms with Crippen molar-refractivity contribution in [1.29, 1.82) is 0 Å². The van der Waals surface area contributed by atoms with Crippen LogP contribution in [0, 0.1) is 13.8 Å². The normalized spacial score (nSPS) is 13.8. The Morgan fingerprint density at radius 3 is 2.53 bits per heavy atom. The topological polar surface area (TPSA) is 21.3 Å². The van der Waals surface area contributed by atoms with Crippen LogP contribution < -0.4 is 5.32 Å². The first kappa shape index (κ1) is 16.5. The summed E-state index contributed by atoms with van der Waals surface area (Å²) >= 11 is 1.69. The van der Waals surface area contributed by atoms with E-state index >= 15 is 0 Å². The molecule has 0 amide bonds. The van der Waals surface area contributed by atoms with E-state index in [0.29, 0.717) is 6.42 Å². The zero-order valence-electron chi connectivity index (χ0n) is 11.4. The van der Waals surface area contributed by atoms with Crippen molar-refractivity contribution in [2.45, 2.75) is 39.4 Å². The first-order chi connectivity index (χ1) is 8.83. The highest BCUT2D eigenvalue weighted by molar-refractivity contribution is 7.12. The van der Waals surface area contributed by atoms with Crippen LogP contribution in [0.3, 0.4) is 0 Å². The average Bonchev–Trinajstić information content (AvgIpc) is 2.61. The van der Waals surface area contributed by atoms with Gasteiger partial charge in [-0.15, -0.1) is 11.3 Å². The fraction of sp³-hybridized carbons (Fsp3) is 0.692. The maximum absolute atomic E-state index is 12.0. The Bertz CT molecular complexity index is 390. The van der Waals surface area contributed by atoms with Crippen molar-refractivity contribution >= 4 is 11.3 Å². The molecule has 1 rings (SSSR count). The summed E-state index contributed by atoms with van der Waals surface area (Å²) in [6.07, 6.45) is -3.70. The van der Waals surface area contributed by atoms with Gasteiger partial charge in [0.2, 0.25) is 0 Å². The average molecular weight is 295 g/mol. The van der Waals surface area contributed by atoms with Crippen molar-refractivity contribution in [1.82, 2.24) is 5.32 Å². The second-order valence-corrected chi connectivity index (χ2v) is 5.76. The Morgan fingerprint density at radius 1 is 1.37 bits per heavy atom. The summed E-state index contributed by atoms with van der Waals surface area (Å²) < 4.78 is 40.6. The van der Waals surface area contributed by atoms with Crippen molar-refractivity contribution in [2.24, 2.45) is 0 Å². The molecule has 19 heavy (non-hydrogen) atoms. The Balaban J connectivity index is 2.52. The van der Waals surface area contributed by atoms with Gasteiger partial charge >= 0.3 is 6.18 Å². The lowest BCUT2D eigenvalue weighted by atomic mass is 10.1. The molecule has 6 heteroatoms. The maximum atomic E-state index is 12.0. The van der Waals surface area contributed by atoms with Gasteiger partial charge in [0.1, 0.15) is 6.61 Å². The number of hydrogen-bond donors (Lipinski definition) is 1. The van der Waals surface area contributed by atoms with E-state index in [4.69, 9.17) is 0 Å². The van der Waals surface area contributed by atoms with Gasteiger partial charge in [-0.2, -0.15) is 13.2 Å². The largest absolute Gasteiger partial charge is 0.411 e. The minimum atomic E-state index is -4.25. The summed E-state index contributed by atoms with van der Waals surface area (Å²) in [6, 6.07) is 2.16. The number of halogens is 3. The lowest BCUT2D eigenvalue weighted by Gasteiger charge is -2.18. The smallest absolute Gasteiger partial charge is 0.372 e. The summed E-state index contributed by atoms with van der Waals surface area (Å²) in [5, 5.41) is 3.30. The third kappa shape index (κ3) is 5.93. The highest BCUT2D eigenvalue weighted by atomic mass is 32.1. The van der Waals surface area contributed by atoms with Gasteiger partial charge in [0, 0.05) is 22.4 Å².